The van der Waals surface area contributed by atoms with Gasteiger partial charge in [-0.2, -0.15) is 0 Å². The Kier molecular flexibility index (Phi) is 3.72. The van der Waals surface area contributed by atoms with Crippen molar-refractivity contribution in [3.05, 3.63) is 0 Å². The largest absolute Gasteiger partial charge is 0.463 e. The summed E-state index contributed by atoms with van der Waals surface area (Å²) in [5, 5.41) is 0. The topological polar surface area (TPSA) is 35.5 Å². The first-order valence-electron chi connectivity index (χ1n) is 3.74. The lowest BCUT2D eigenvalue weighted by atomic mass is 10.5. The van der Waals surface area contributed by atoms with Crippen molar-refractivity contribution in [2.24, 2.45) is 0 Å². The van der Waals surface area contributed by atoms with E-state index in [9.17, 15) is 4.79 Å². The molecule has 0 bridgehead atoms. The smallest absolute Gasteiger partial charge is 0.345 e. The first-order valence-corrected chi connectivity index (χ1v) is 4.79. The number of carbonyl (C=O) groups is 1. The molecule has 0 aliphatic carbocycles. The van der Waals surface area contributed by atoms with E-state index in [1.165, 1.54) is 11.8 Å². The van der Waals surface area contributed by atoms with Gasteiger partial charge in [0.05, 0.1) is 6.61 Å². The van der Waals surface area contributed by atoms with E-state index in [-0.39, 0.29) is 11.4 Å². The average molecular weight is 176 g/mol. The van der Waals surface area contributed by atoms with Crippen LogP contribution < -0.4 is 0 Å². The van der Waals surface area contributed by atoms with Crippen molar-refractivity contribution in [1.29, 1.82) is 0 Å². The van der Waals surface area contributed by atoms with Gasteiger partial charge in [-0.3, -0.25) is 0 Å². The highest BCUT2D eigenvalue weighted by Crippen LogP contribution is 2.20. The lowest BCUT2D eigenvalue weighted by Gasteiger charge is -2.19. The molecule has 1 aliphatic heterocycles. The van der Waals surface area contributed by atoms with Gasteiger partial charge in [0.25, 0.3) is 0 Å². The molecule has 1 atom stereocenters. The van der Waals surface area contributed by atoms with E-state index in [1.807, 2.05) is 0 Å². The molecule has 0 radical (unpaired) electrons. The van der Waals surface area contributed by atoms with Gasteiger partial charge >= 0.3 is 5.97 Å². The zero-order valence-electron chi connectivity index (χ0n) is 6.54. The number of carbonyl (C=O) groups excluding carboxylic acids is 1. The number of esters is 1. The molecule has 0 aromatic heterocycles. The summed E-state index contributed by atoms with van der Waals surface area (Å²) in [5.41, 5.74) is -0.372. The number of hydrogen-bond acceptors (Lipinski definition) is 4. The van der Waals surface area contributed by atoms with Gasteiger partial charge in [-0.25, -0.2) is 4.79 Å². The van der Waals surface area contributed by atoms with Crippen molar-refractivity contribution in [3.63, 3.8) is 0 Å². The van der Waals surface area contributed by atoms with Crippen LogP contribution in [0, 0.1) is 0 Å². The minimum atomic E-state index is -0.372. The summed E-state index contributed by atoms with van der Waals surface area (Å²) >= 11 is 1.51. The second-order valence-corrected chi connectivity index (χ2v) is 3.35. The van der Waals surface area contributed by atoms with E-state index in [0.29, 0.717) is 13.2 Å². The summed E-state index contributed by atoms with van der Waals surface area (Å²) in [4.78, 5) is 11.0. The van der Waals surface area contributed by atoms with Crippen LogP contribution >= 0.6 is 11.8 Å². The number of ether oxygens (including phenoxy) is 2. The molecule has 0 saturated carbocycles. The molecule has 3 nitrogen and oxygen atoms in total. The first-order chi connectivity index (χ1) is 5.34. The monoisotopic (exact) mass is 176 g/mol. The van der Waals surface area contributed by atoms with Crippen molar-refractivity contribution < 1.29 is 14.3 Å². The SMILES string of the molecule is CCOC(=O)C1OCCCS1. The normalized spacial score (nSPS) is 24.6. The quantitative estimate of drug-likeness (QED) is 0.589. The molecule has 0 spiro atoms. The molecule has 1 fully saturated rings. The summed E-state index contributed by atoms with van der Waals surface area (Å²) < 4.78 is 9.98. The van der Waals surface area contributed by atoms with E-state index in [2.05, 4.69) is 0 Å². The summed E-state index contributed by atoms with van der Waals surface area (Å²) in [7, 11) is 0. The Morgan fingerprint density at radius 3 is 3.18 bits per heavy atom. The van der Waals surface area contributed by atoms with E-state index in [0.717, 1.165) is 12.2 Å². The van der Waals surface area contributed by atoms with Gasteiger partial charge in [0.1, 0.15) is 0 Å². The van der Waals surface area contributed by atoms with E-state index in [1.54, 1.807) is 6.92 Å². The zero-order valence-corrected chi connectivity index (χ0v) is 7.36. The van der Waals surface area contributed by atoms with Crippen LogP contribution in [-0.4, -0.2) is 30.4 Å². The zero-order chi connectivity index (χ0) is 8.10. The second kappa shape index (κ2) is 4.62. The third-order valence-corrected chi connectivity index (χ3v) is 2.46. The summed E-state index contributed by atoms with van der Waals surface area (Å²) in [5.74, 6) is 0.751. The fraction of sp³-hybridized carbons (Fsp3) is 0.857. The average Bonchev–Trinajstić information content (AvgIpc) is 2.07. The maximum absolute atomic E-state index is 11.0. The third-order valence-electron chi connectivity index (χ3n) is 1.31. The standard InChI is InChI=1S/C7H12O3S/c1-2-9-6(8)7-10-4-3-5-11-7/h7H,2-5H2,1H3. The molecule has 0 amide bonds. The Hall–Kier alpha value is -0.220. The van der Waals surface area contributed by atoms with Crippen LogP contribution in [-0.2, 0) is 14.3 Å². The number of thioether (sulfide) groups is 1. The van der Waals surface area contributed by atoms with Gasteiger partial charge in [-0.1, -0.05) is 0 Å². The minimum Gasteiger partial charge on any atom is -0.463 e. The minimum absolute atomic E-state index is 0.239. The molecule has 0 N–H and O–H groups in total. The molecule has 0 aromatic rings. The van der Waals surface area contributed by atoms with E-state index >= 15 is 0 Å². The fourth-order valence-electron chi connectivity index (χ4n) is 0.834. The molecule has 1 heterocycles. The molecular formula is C7H12O3S. The van der Waals surface area contributed by atoms with Crippen LogP contribution in [0.3, 0.4) is 0 Å². The Morgan fingerprint density at radius 2 is 2.64 bits per heavy atom. The van der Waals surface area contributed by atoms with Crippen molar-refractivity contribution in [3.8, 4) is 0 Å². The third kappa shape index (κ3) is 2.71. The molecule has 1 aliphatic rings. The van der Waals surface area contributed by atoms with Crippen LogP contribution in [0.1, 0.15) is 13.3 Å². The fourth-order valence-corrected chi connectivity index (χ4v) is 1.73. The van der Waals surface area contributed by atoms with Gasteiger partial charge < -0.3 is 9.47 Å². The van der Waals surface area contributed by atoms with Gasteiger partial charge in [0.2, 0.25) is 5.44 Å². The van der Waals surface area contributed by atoms with Crippen LogP contribution in [0.2, 0.25) is 0 Å². The Morgan fingerprint density at radius 1 is 1.82 bits per heavy atom. The highest BCUT2D eigenvalue weighted by atomic mass is 32.2. The van der Waals surface area contributed by atoms with Crippen molar-refractivity contribution in [2.75, 3.05) is 19.0 Å². The van der Waals surface area contributed by atoms with Crippen LogP contribution in [0.5, 0.6) is 0 Å². The Labute approximate surface area is 70.4 Å². The molecule has 0 aromatic carbocycles. The molecule has 1 unspecified atom stereocenters. The first kappa shape index (κ1) is 8.87. The Bertz CT molecular complexity index is 132. The Balaban J connectivity index is 2.27. The predicted molar refractivity (Wildman–Crippen MR) is 43.4 cm³/mol. The molecule has 1 rings (SSSR count). The maximum Gasteiger partial charge on any atom is 0.345 e. The highest BCUT2D eigenvalue weighted by Gasteiger charge is 2.23. The summed E-state index contributed by atoms with van der Waals surface area (Å²) in [6.45, 7) is 2.90. The predicted octanol–water partition coefficient (Wildman–Crippen LogP) is 1.03. The molecule has 4 heteroatoms. The lowest BCUT2D eigenvalue weighted by Crippen LogP contribution is -2.27. The van der Waals surface area contributed by atoms with Crippen LogP contribution in [0.15, 0.2) is 0 Å². The highest BCUT2D eigenvalue weighted by molar-refractivity contribution is 8.00. The van der Waals surface area contributed by atoms with E-state index < -0.39 is 0 Å². The van der Waals surface area contributed by atoms with Gasteiger partial charge in [-0.15, -0.1) is 11.8 Å². The number of hydrogen-bond donors (Lipinski definition) is 0. The second-order valence-electron chi connectivity index (χ2n) is 2.18. The lowest BCUT2D eigenvalue weighted by molar-refractivity contribution is -0.151. The van der Waals surface area contributed by atoms with Crippen LogP contribution in [0.4, 0.5) is 0 Å². The maximum atomic E-state index is 11.0. The van der Waals surface area contributed by atoms with Gasteiger partial charge in [0, 0.05) is 6.61 Å². The van der Waals surface area contributed by atoms with Gasteiger partial charge in [-0.05, 0) is 19.1 Å². The van der Waals surface area contributed by atoms with Crippen molar-refractivity contribution in [2.45, 2.75) is 18.8 Å². The van der Waals surface area contributed by atoms with Gasteiger partial charge in [0.15, 0.2) is 0 Å². The van der Waals surface area contributed by atoms with Crippen molar-refractivity contribution in [1.82, 2.24) is 0 Å². The summed E-state index contributed by atoms with van der Waals surface area (Å²) in [6, 6.07) is 0. The number of rotatable bonds is 2. The van der Waals surface area contributed by atoms with E-state index in [4.69, 9.17) is 9.47 Å². The van der Waals surface area contributed by atoms with Crippen molar-refractivity contribution >= 4 is 17.7 Å². The molecule has 11 heavy (non-hydrogen) atoms. The molecule has 1 saturated heterocycles. The van der Waals surface area contributed by atoms with Crippen LogP contribution in [0.25, 0.3) is 0 Å². The molecule has 64 valence electrons. The molecular weight excluding hydrogens is 164 g/mol. The summed E-state index contributed by atoms with van der Waals surface area (Å²) in [6.07, 6.45) is 1.03.